The highest BCUT2D eigenvalue weighted by molar-refractivity contribution is 6.33. The Morgan fingerprint density at radius 2 is 1.86 bits per heavy atom. The summed E-state index contributed by atoms with van der Waals surface area (Å²) in [7, 11) is 3.13. The van der Waals surface area contributed by atoms with E-state index in [4.69, 9.17) is 46.9 Å². The van der Waals surface area contributed by atoms with E-state index in [2.05, 4.69) is 9.97 Å². The minimum Gasteiger partial charge on any atom is -0.386 e. The Labute approximate surface area is 212 Å². The van der Waals surface area contributed by atoms with Crippen molar-refractivity contribution in [2.24, 2.45) is 0 Å². The Morgan fingerprint density at radius 1 is 1.11 bits per heavy atom. The van der Waals surface area contributed by atoms with Crippen LogP contribution in [0.2, 0.25) is 10.2 Å². The van der Waals surface area contributed by atoms with Crippen molar-refractivity contribution in [1.82, 2.24) is 14.5 Å². The van der Waals surface area contributed by atoms with Gasteiger partial charge in [-0.3, -0.25) is 0 Å². The molecule has 0 radical (unpaired) electrons. The summed E-state index contributed by atoms with van der Waals surface area (Å²) in [5, 5.41) is 13.2. The van der Waals surface area contributed by atoms with Crippen LogP contribution in [-0.2, 0) is 30.1 Å². The van der Waals surface area contributed by atoms with Crippen LogP contribution in [0.4, 0.5) is 0 Å². The first kappa shape index (κ1) is 24.9. The molecule has 0 spiro atoms. The summed E-state index contributed by atoms with van der Waals surface area (Å²) < 4.78 is 31.5. The van der Waals surface area contributed by atoms with Crippen molar-refractivity contribution < 1.29 is 28.8 Å². The van der Waals surface area contributed by atoms with Crippen LogP contribution in [0.5, 0.6) is 0 Å². The van der Waals surface area contributed by atoms with Crippen molar-refractivity contribution >= 4 is 34.2 Å². The van der Waals surface area contributed by atoms with Crippen molar-refractivity contribution in [2.75, 3.05) is 14.2 Å². The van der Waals surface area contributed by atoms with Crippen LogP contribution in [0, 0.1) is 0 Å². The third-order valence-corrected chi connectivity index (χ3v) is 6.98. The summed E-state index contributed by atoms with van der Waals surface area (Å²) in [4.78, 5) is 8.43. The summed E-state index contributed by atoms with van der Waals surface area (Å²) in [6.07, 6.45) is -0.276. The van der Waals surface area contributed by atoms with Crippen molar-refractivity contribution in [3.8, 4) is 0 Å². The fourth-order valence-electron chi connectivity index (χ4n) is 4.89. The summed E-state index contributed by atoms with van der Waals surface area (Å²) in [5.41, 5.74) is 2.03. The highest BCUT2D eigenvalue weighted by atomic mass is 35.5. The Bertz CT molecular complexity index is 1220. The quantitative estimate of drug-likeness (QED) is 0.365. The van der Waals surface area contributed by atoms with Crippen LogP contribution in [0.3, 0.4) is 0 Å². The van der Waals surface area contributed by atoms with Crippen LogP contribution in [0.1, 0.15) is 37.3 Å². The third kappa shape index (κ3) is 4.56. The van der Waals surface area contributed by atoms with Gasteiger partial charge >= 0.3 is 0 Å². The molecule has 0 amide bonds. The van der Waals surface area contributed by atoms with Gasteiger partial charge in [-0.1, -0.05) is 29.3 Å². The minimum atomic E-state index is -1.04. The van der Waals surface area contributed by atoms with Gasteiger partial charge in [0.15, 0.2) is 18.3 Å². The number of ether oxygens (including phenoxy) is 5. The first-order valence-electron chi connectivity index (χ1n) is 11.2. The van der Waals surface area contributed by atoms with Gasteiger partial charge in [-0.05, 0) is 43.2 Å². The number of fused-ring (bicyclic) bond motifs is 2. The molecule has 188 valence electrons. The lowest BCUT2D eigenvalue weighted by Crippen LogP contribution is -2.34. The van der Waals surface area contributed by atoms with E-state index in [9.17, 15) is 5.11 Å². The van der Waals surface area contributed by atoms with E-state index in [0.717, 1.165) is 5.56 Å². The van der Waals surface area contributed by atoms with Crippen LogP contribution >= 0.6 is 23.2 Å². The number of halogens is 2. The Hall–Kier alpha value is -1.82. The molecule has 35 heavy (non-hydrogen) atoms. The molecule has 0 saturated carbocycles. The molecule has 0 aliphatic carbocycles. The average Bonchev–Trinajstić information content (AvgIpc) is 3.48. The Balaban J connectivity index is 1.51. The maximum absolute atomic E-state index is 11.6. The Kier molecular flexibility index (Phi) is 6.80. The molecule has 5 atom stereocenters. The number of rotatable bonds is 7. The van der Waals surface area contributed by atoms with E-state index < -0.39 is 42.7 Å². The zero-order valence-corrected chi connectivity index (χ0v) is 21.2. The van der Waals surface area contributed by atoms with E-state index in [1.807, 2.05) is 30.7 Å². The Morgan fingerprint density at radius 3 is 2.60 bits per heavy atom. The standard InChI is InChI=1S/C24H27Cl2N3O6/c1-24(2)34-19-18(17(30)14-6-5-13(25)9-12(14)10-16(31-3)32-4)33-23(20(19)35-24)29-8-7-15-21(26)27-11-28-22(15)29/h5-9,11,16-20,23,30H,10H2,1-4H3/t17?,18-,19-,20-,23-/m1/s1. The predicted octanol–water partition coefficient (Wildman–Crippen LogP) is 4.05. The largest absolute Gasteiger partial charge is 0.386 e. The van der Waals surface area contributed by atoms with Gasteiger partial charge in [0.2, 0.25) is 0 Å². The molecule has 2 aromatic heterocycles. The molecule has 0 bridgehead atoms. The van der Waals surface area contributed by atoms with E-state index in [-0.39, 0.29) is 0 Å². The topological polar surface area (TPSA) is 97.1 Å². The number of hydrogen-bond donors (Lipinski definition) is 1. The normalized spacial score (nSPS) is 26.5. The molecule has 2 aliphatic rings. The molecular formula is C24H27Cl2N3O6. The lowest BCUT2D eigenvalue weighted by atomic mass is 9.93. The molecule has 2 saturated heterocycles. The molecule has 9 nitrogen and oxygen atoms in total. The minimum absolute atomic E-state index is 0.348. The first-order valence-corrected chi connectivity index (χ1v) is 12.0. The number of aliphatic hydroxyl groups excluding tert-OH is 1. The molecule has 1 unspecified atom stereocenters. The average molecular weight is 524 g/mol. The number of aliphatic hydroxyl groups is 1. The van der Waals surface area contributed by atoms with Crippen molar-refractivity contribution in [1.29, 1.82) is 0 Å². The van der Waals surface area contributed by atoms with Crippen molar-refractivity contribution in [3.63, 3.8) is 0 Å². The maximum Gasteiger partial charge on any atom is 0.164 e. The maximum atomic E-state index is 11.6. The molecule has 5 rings (SSSR count). The fraction of sp³-hybridized carbons (Fsp3) is 0.500. The van der Waals surface area contributed by atoms with Gasteiger partial charge in [0.25, 0.3) is 0 Å². The smallest absolute Gasteiger partial charge is 0.164 e. The van der Waals surface area contributed by atoms with E-state index >= 15 is 0 Å². The molecular weight excluding hydrogens is 497 g/mol. The van der Waals surface area contributed by atoms with E-state index in [1.54, 1.807) is 32.4 Å². The van der Waals surface area contributed by atoms with Gasteiger partial charge in [-0.15, -0.1) is 0 Å². The van der Waals surface area contributed by atoms with Crippen LogP contribution in [0.15, 0.2) is 36.8 Å². The van der Waals surface area contributed by atoms with Crippen LogP contribution in [-0.4, -0.2) is 64.3 Å². The third-order valence-electron chi connectivity index (χ3n) is 6.45. The number of aromatic nitrogens is 3. The summed E-state index contributed by atoms with van der Waals surface area (Å²) in [6.45, 7) is 3.68. The van der Waals surface area contributed by atoms with Crippen LogP contribution in [0.25, 0.3) is 11.0 Å². The van der Waals surface area contributed by atoms with Gasteiger partial charge in [0.1, 0.15) is 41.5 Å². The second-order valence-corrected chi connectivity index (χ2v) is 9.87. The summed E-state index contributed by atoms with van der Waals surface area (Å²) in [5.74, 6) is -0.856. The molecule has 1 aromatic carbocycles. The number of hydrogen-bond acceptors (Lipinski definition) is 8. The summed E-state index contributed by atoms with van der Waals surface area (Å²) >= 11 is 12.5. The fourth-order valence-corrected chi connectivity index (χ4v) is 5.28. The van der Waals surface area contributed by atoms with Gasteiger partial charge in [0.05, 0.1) is 5.39 Å². The second kappa shape index (κ2) is 9.57. The molecule has 4 heterocycles. The SMILES string of the molecule is COC(Cc1cc(Cl)ccc1C(O)[C@H]1O[C@@H](n2ccc3c(Cl)ncnc32)[C@@H]2OC(C)(C)O[C@@H]21)OC. The zero-order chi connectivity index (χ0) is 24.9. The molecule has 2 fully saturated rings. The first-order chi connectivity index (χ1) is 16.7. The predicted molar refractivity (Wildman–Crippen MR) is 128 cm³/mol. The monoisotopic (exact) mass is 523 g/mol. The second-order valence-electron chi connectivity index (χ2n) is 9.07. The van der Waals surface area contributed by atoms with Gasteiger partial charge in [-0.25, -0.2) is 9.97 Å². The van der Waals surface area contributed by atoms with Gasteiger partial charge < -0.3 is 33.4 Å². The van der Waals surface area contributed by atoms with Crippen LogP contribution < -0.4 is 0 Å². The van der Waals surface area contributed by atoms with E-state index in [1.165, 1.54) is 6.33 Å². The summed E-state index contributed by atoms with van der Waals surface area (Å²) in [6, 6.07) is 7.14. The highest BCUT2D eigenvalue weighted by Gasteiger charge is 2.58. The number of benzene rings is 1. The molecule has 11 heteroatoms. The van der Waals surface area contributed by atoms with Gasteiger partial charge in [0, 0.05) is 31.9 Å². The lowest BCUT2D eigenvalue weighted by molar-refractivity contribution is -0.207. The number of nitrogens with zero attached hydrogens (tertiary/aromatic N) is 3. The highest BCUT2D eigenvalue weighted by Crippen LogP contribution is 2.47. The number of methoxy groups -OCH3 is 2. The van der Waals surface area contributed by atoms with Crippen molar-refractivity contribution in [2.45, 2.75) is 63.0 Å². The van der Waals surface area contributed by atoms with Crippen molar-refractivity contribution in [3.05, 3.63) is 58.1 Å². The molecule has 3 aromatic rings. The lowest BCUT2D eigenvalue weighted by Gasteiger charge is -2.28. The van der Waals surface area contributed by atoms with E-state index in [0.29, 0.717) is 33.2 Å². The zero-order valence-electron chi connectivity index (χ0n) is 19.7. The van der Waals surface area contributed by atoms with Gasteiger partial charge in [-0.2, -0.15) is 0 Å². The molecule has 1 N–H and O–H groups in total. The molecule has 2 aliphatic heterocycles.